The maximum Gasteiger partial charge on any atom is 0.235 e. The molecule has 0 unspecified atom stereocenters. The Kier molecular flexibility index (Phi) is 7.05. The summed E-state index contributed by atoms with van der Waals surface area (Å²) in [7, 11) is 0. The van der Waals surface area contributed by atoms with Gasteiger partial charge in [0.1, 0.15) is 11.2 Å². The van der Waals surface area contributed by atoms with E-state index < -0.39 is 0 Å². The third kappa shape index (κ3) is 4.93. The summed E-state index contributed by atoms with van der Waals surface area (Å²) in [5.74, 6) is 0.610. The van der Waals surface area contributed by atoms with Gasteiger partial charge in [-0.25, -0.2) is 9.97 Å². The van der Waals surface area contributed by atoms with Crippen LogP contribution in [0.4, 0.5) is 0 Å². The van der Waals surface area contributed by atoms with Crippen molar-refractivity contribution in [2.45, 2.75) is 0 Å². The van der Waals surface area contributed by atoms with Crippen LogP contribution in [0.1, 0.15) is 0 Å². The lowest BCUT2D eigenvalue weighted by Gasteiger charge is -2.13. The SMILES string of the molecule is c1ccc(-n2c3ccccc3c3cc(-c4ccc5c(c4)c4c6ccccc6ccc4n5-c4nc(-c5cc6ccccc6c6c5oc5ccccc56)c5ccccc5n4)ccc32)cc1. The summed E-state index contributed by atoms with van der Waals surface area (Å²) in [6, 6.07) is 73.7. The van der Waals surface area contributed by atoms with Gasteiger partial charge in [-0.2, -0.15) is 0 Å². The minimum Gasteiger partial charge on any atom is -0.455 e. The van der Waals surface area contributed by atoms with Gasteiger partial charge in [0.2, 0.25) is 5.95 Å². The molecule has 4 aromatic heterocycles. The summed E-state index contributed by atoms with van der Waals surface area (Å²) >= 11 is 0. The topological polar surface area (TPSA) is 48.8 Å². The van der Waals surface area contributed by atoms with Crippen molar-refractivity contribution >= 4 is 98.0 Å². The first-order valence-electron chi connectivity index (χ1n) is 21.4. The molecule has 5 nitrogen and oxygen atoms in total. The number of rotatable bonds is 4. The number of aromatic nitrogens is 4. The van der Waals surface area contributed by atoms with E-state index in [0.717, 1.165) is 88.1 Å². The van der Waals surface area contributed by atoms with Gasteiger partial charge >= 0.3 is 0 Å². The normalized spacial score (nSPS) is 12.1. The van der Waals surface area contributed by atoms with E-state index in [9.17, 15) is 0 Å². The molecule has 0 bridgehead atoms. The molecule has 0 radical (unpaired) electrons. The first-order chi connectivity index (χ1) is 31.2. The third-order valence-electron chi connectivity index (χ3n) is 13.1. The molecule has 0 aliphatic heterocycles. The van der Waals surface area contributed by atoms with Gasteiger partial charge in [-0.05, 0) is 99.4 Å². The van der Waals surface area contributed by atoms with Crippen molar-refractivity contribution in [2.24, 2.45) is 0 Å². The Morgan fingerprint density at radius 2 is 0.968 bits per heavy atom. The van der Waals surface area contributed by atoms with E-state index in [0.29, 0.717) is 5.95 Å². The Bertz CT molecular complexity index is 4210. The van der Waals surface area contributed by atoms with Crippen LogP contribution in [0.3, 0.4) is 0 Å². The second kappa shape index (κ2) is 13.0. The molecule has 10 aromatic carbocycles. The van der Waals surface area contributed by atoms with Gasteiger partial charge in [0, 0.05) is 49.0 Å². The van der Waals surface area contributed by atoms with Crippen LogP contribution in [-0.2, 0) is 0 Å². The van der Waals surface area contributed by atoms with E-state index in [4.69, 9.17) is 14.4 Å². The van der Waals surface area contributed by atoms with Crippen LogP contribution in [0, 0.1) is 0 Å². The molecular formula is C58H34N4O. The Labute approximate surface area is 360 Å². The van der Waals surface area contributed by atoms with Crippen molar-refractivity contribution in [1.82, 2.24) is 19.1 Å². The summed E-state index contributed by atoms with van der Waals surface area (Å²) in [5.41, 5.74) is 12.3. The van der Waals surface area contributed by atoms with Crippen LogP contribution in [0.25, 0.3) is 132 Å². The first kappa shape index (κ1) is 34.2. The molecule has 0 amide bonds. The van der Waals surface area contributed by atoms with Crippen LogP contribution < -0.4 is 0 Å². The molecule has 0 fully saturated rings. The molecule has 14 aromatic rings. The fourth-order valence-corrected chi connectivity index (χ4v) is 10.3. The first-order valence-corrected chi connectivity index (χ1v) is 21.4. The van der Waals surface area contributed by atoms with Gasteiger partial charge in [0.15, 0.2) is 0 Å². The highest BCUT2D eigenvalue weighted by molar-refractivity contribution is 6.24. The van der Waals surface area contributed by atoms with Crippen LogP contribution in [0.15, 0.2) is 211 Å². The van der Waals surface area contributed by atoms with Gasteiger partial charge < -0.3 is 8.98 Å². The van der Waals surface area contributed by atoms with Crippen LogP contribution in [0.2, 0.25) is 0 Å². The standard InChI is InChI=1S/C58H34N4O/c1-2-16-39(17-3-1)61-49-24-12-9-20-42(49)45-32-36(27-29-50(45)61)37-28-30-51-46(33-37)54-40-18-6-4-14-35(40)26-31-52(54)62(51)58-59-48-23-11-8-21-43(48)56(60-58)47-34-38-15-5-7-19-41(38)55-44-22-10-13-25-53(44)63-57(47)55/h1-34H. The molecular weight excluding hydrogens is 769 g/mol. The van der Waals surface area contributed by atoms with E-state index in [1.54, 1.807) is 0 Å². The van der Waals surface area contributed by atoms with Gasteiger partial charge in [0.05, 0.1) is 33.3 Å². The molecule has 4 heterocycles. The number of para-hydroxylation sites is 4. The third-order valence-corrected chi connectivity index (χ3v) is 13.1. The number of benzene rings is 10. The second-order valence-corrected chi connectivity index (χ2v) is 16.5. The van der Waals surface area contributed by atoms with Crippen LogP contribution >= 0.6 is 0 Å². The lowest BCUT2D eigenvalue weighted by Crippen LogP contribution is -2.03. The van der Waals surface area contributed by atoms with E-state index in [-0.39, 0.29) is 0 Å². The lowest BCUT2D eigenvalue weighted by atomic mass is 9.97. The smallest absolute Gasteiger partial charge is 0.235 e. The second-order valence-electron chi connectivity index (χ2n) is 16.5. The zero-order chi connectivity index (χ0) is 41.2. The molecule has 292 valence electrons. The number of nitrogens with zero attached hydrogens (tertiary/aromatic N) is 4. The minimum atomic E-state index is 0.610. The van der Waals surface area contributed by atoms with Crippen molar-refractivity contribution in [1.29, 1.82) is 0 Å². The van der Waals surface area contributed by atoms with Crippen molar-refractivity contribution in [3.63, 3.8) is 0 Å². The zero-order valence-electron chi connectivity index (χ0n) is 33.8. The summed E-state index contributed by atoms with van der Waals surface area (Å²) in [6.45, 7) is 0. The summed E-state index contributed by atoms with van der Waals surface area (Å²) in [4.78, 5) is 10.9. The molecule has 0 saturated carbocycles. The molecule has 0 saturated heterocycles. The Hall–Kier alpha value is -8.54. The Morgan fingerprint density at radius 1 is 0.365 bits per heavy atom. The van der Waals surface area contributed by atoms with E-state index in [2.05, 4.69) is 209 Å². The van der Waals surface area contributed by atoms with Crippen molar-refractivity contribution in [3.8, 4) is 34.0 Å². The van der Waals surface area contributed by atoms with Gasteiger partial charge in [-0.15, -0.1) is 0 Å². The predicted molar refractivity (Wildman–Crippen MR) is 261 cm³/mol. The molecule has 0 atom stereocenters. The minimum absolute atomic E-state index is 0.610. The largest absolute Gasteiger partial charge is 0.455 e. The van der Waals surface area contributed by atoms with Crippen LogP contribution in [-0.4, -0.2) is 19.1 Å². The molecule has 0 N–H and O–H groups in total. The van der Waals surface area contributed by atoms with Crippen LogP contribution in [0.5, 0.6) is 0 Å². The van der Waals surface area contributed by atoms with E-state index in [1.165, 1.54) is 38.0 Å². The van der Waals surface area contributed by atoms with E-state index >= 15 is 0 Å². The molecule has 14 rings (SSSR count). The maximum absolute atomic E-state index is 6.78. The molecule has 0 aliphatic rings. The Balaban J connectivity index is 1.03. The quantitative estimate of drug-likeness (QED) is 0.178. The summed E-state index contributed by atoms with van der Waals surface area (Å²) < 4.78 is 11.4. The number of hydrogen-bond acceptors (Lipinski definition) is 3. The fourth-order valence-electron chi connectivity index (χ4n) is 10.3. The number of furan rings is 1. The highest BCUT2D eigenvalue weighted by atomic mass is 16.3. The molecule has 0 spiro atoms. The summed E-state index contributed by atoms with van der Waals surface area (Å²) in [5, 5.41) is 12.6. The number of fused-ring (bicyclic) bond motifs is 14. The molecule has 5 heteroatoms. The maximum atomic E-state index is 6.78. The highest BCUT2D eigenvalue weighted by Crippen LogP contribution is 2.44. The van der Waals surface area contributed by atoms with Gasteiger partial charge in [-0.1, -0.05) is 140 Å². The van der Waals surface area contributed by atoms with Crippen molar-refractivity contribution in [3.05, 3.63) is 206 Å². The monoisotopic (exact) mass is 802 g/mol. The highest BCUT2D eigenvalue weighted by Gasteiger charge is 2.23. The Morgan fingerprint density at radius 3 is 1.79 bits per heavy atom. The van der Waals surface area contributed by atoms with Gasteiger partial charge in [0.25, 0.3) is 0 Å². The average molecular weight is 803 g/mol. The van der Waals surface area contributed by atoms with Gasteiger partial charge in [-0.3, -0.25) is 4.57 Å². The predicted octanol–water partition coefficient (Wildman–Crippen LogP) is 15.4. The lowest BCUT2D eigenvalue weighted by molar-refractivity contribution is 0.670. The number of hydrogen-bond donors (Lipinski definition) is 0. The molecule has 63 heavy (non-hydrogen) atoms. The van der Waals surface area contributed by atoms with Crippen molar-refractivity contribution < 1.29 is 4.42 Å². The fraction of sp³-hybridized carbons (Fsp3) is 0. The zero-order valence-corrected chi connectivity index (χ0v) is 33.8. The van der Waals surface area contributed by atoms with Crippen molar-refractivity contribution in [2.75, 3.05) is 0 Å². The van der Waals surface area contributed by atoms with E-state index in [1.807, 2.05) is 6.07 Å². The molecule has 0 aliphatic carbocycles. The summed E-state index contributed by atoms with van der Waals surface area (Å²) in [6.07, 6.45) is 0. The average Bonchev–Trinajstić information content (AvgIpc) is 4.02.